The minimum absolute atomic E-state index is 0.0566. The molecule has 3 heterocycles. The Bertz CT molecular complexity index is 676. The third-order valence-electron chi connectivity index (χ3n) is 4.01. The topological polar surface area (TPSA) is 97.2 Å². The van der Waals surface area contributed by atoms with Crippen LogP contribution in [-0.2, 0) is 11.3 Å². The van der Waals surface area contributed by atoms with Crippen molar-refractivity contribution in [3.63, 3.8) is 0 Å². The van der Waals surface area contributed by atoms with Crippen LogP contribution < -0.4 is 15.5 Å². The van der Waals surface area contributed by atoms with Crippen molar-refractivity contribution in [3.8, 4) is 0 Å². The minimum Gasteiger partial charge on any atom is -0.383 e. The number of ether oxygens (including phenoxy) is 1. The highest BCUT2D eigenvalue weighted by Crippen LogP contribution is 2.15. The molecule has 0 bridgehead atoms. The van der Waals surface area contributed by atoms with Gasteiger partial charge in [0.05, 0.1) is 25.0 Å². The molecule has 25 heavy (non-hydrogen) atoms. The lowest BCUT2D eigenvalue weighted by Gasteiger charge is -2.33. The lowest BCUT2D eigenvalue weighted by atomic mass is 10.1. The number of urea groups is 1. The molecular formula is C16H23N7O2. The van der Waals surface area contributed by atoms with Gasteiger partial charge in [-0.3, -0.25) is 4.68 Å². The van der Waals surface area contributed by atoms with E-state index in [9.17, 15) is 4.79 Å². The molecule has 1 atom stereocenters. The maximum absolute atomic E-state index is 12.2. The van der Waals surface area contributed by atoms with Crippen LogP contribution in [0.4, 0.5) is 16.4 Å². The fraction of sp³-hybridized carbons (Fsp3) is 0.500. The predicted octanol–water partition coefficient (Wildman–Crippen LogP) is 1.11. The van der Waals surface area contributed by atoms with Crippen molar-refractivity contribution < 1.29 is 9.53 Å². The number of piperidine rings is 1. The average molecular weight is 345 g/mol. The number of anilines is 2. The zero-order chi connectivity index (χ0) is 17.5. The van der Waals surface area contributed by atoms with Gasteiger partial charge in [-0.2, -0.15) is 5.10 Å². The van der Waals surface area contributed by atoms with Crippen molar-refractivity contribution >= 4 is 17.7 Å². The summed E-state index contributed by atoms with van der Waals surface area (Å²) in [5.41, 5.74) is 0.660. The SMILES string of the molecule is COCCn1cc(NC(=O)N[C@@H]2CCCN(c3ncccn3)C2)cn1. The second-order valence-corrected chi connectivity index (χ2v) is 5.92. The number of amides is 2. The third-order valence-corrected chi connectivity index (χ3v) is 4.01. The van der Waals surface area contributed by atoms with Gasteiger partial charge in [0.2, 0.25) is 5.95 Å². The largest absolute Gasteiger partial charge is 0.383 e. The summed E-state index contributed by atoms with van der Waals surface area (Å²) >= 11 is 0. The van der Waals surface area contributed by atoms with Crippen molar-refractivity contribution in [1.82, 2.24) is 25.1 Å². The number of nitrogens with zero attached hydrogens (tertiary/aromatic N) is 5. The first kappa shape index (κ1) is 17.2. The lowest BCUT2D eigenvalue weighted by molar-refractivity contribution is 0.183. The van der Waals surface area contributed by atoms with Crippen molar-refractivity contribution in [3.05, 3.63) is 30.9 Å². The summed E-state index contributed by atoms with van der Waals surface area (Å²) in [5, 5.41) is 10.0. The third kappa shape index (κ3) is 4.90. The molecule has 134 valence electrons. The van der Waals surface area contributed by atoms with E-state index in [1.54, 1.807) is 42.6 Å². The number of carbonyl (C=O) groups excluding carboxylic acids is 1. The van der Waals surface area contributed by atoms with Crippen LogP contribution in [0.2, 0.25) is 0 Å². The molecule has 0 saturated carbocycles. The molecule has 0 unspecified atom stereocenters. The van der Waals surface area contributed by atoms with Gasteiger partial charge in [0.1, 0.15) is 0 Å². The average Bonchev–Trinajstić information content (AvgIpc) is 3.08. The minimum atomic E-state index is -0.230. The Morgan fingerprint density at radius 3 is 3.04 bits per heavy atom. The maximum atomic E-state index is 12.2. The van der Waals surface area contributed by atoms with E-state index >= 15 is 0 Å². The van der Waals surface area contributed by atoms with Crippen molar-refractivity contribution in [2.24, 2.45) is 0 Å². The van der Waals surface area contributed by atoms with Gasteiger partial charge in [-0.1, -0.05) is 0 Å². The van der Waals surface area contributed by atoms with Crippen LogP contribution in [0.25, 0.3) is 0 Å². The van der Waals surface area contributed by atoms with E-state index in [1.165, 1.54) is 0 Å². The molecule has 0 spiro atoms. The van der Waals surface area contributed by atoms with Crippen LogP contribution in [-0.4, -0.2) is 58.6 Å². The van der Waals surface area contributed by atoms with Gasteiger partial charge in [-0.05, 0) is 18.9 Å². The number of rotatable bonds is 6. The standard InChI is InChI=1S/C16H23N7O2/c1-25-9-8-23-12-14(10-19-23)21-16(24)20-13-4-2-7-22(11-13)15-17-5-3-6-18-15/h3,5-6,10,12-13H,2,4,7-9,11H2,1H3,(H2,20,21,24)/t13-/m1/s1. The molecule has 2 amide bonds. The zero-order valence-corrected chi connectivity index (χ0v) is 14.3. The van der Waals surface area contributed by atoms with E-state index in [1.807, 2.05) is 0 Å². The first-order valence-corrected chi connectivity index (χ1v) is 8.35. The summed E-state index contributed by atoms with van der Waals surface area (Å²) in [4.78, 5) is 22.9. The van der Waals surface area contributed by atoms with E-state index in [0.29, 0.717) is 31.3 Å². The number of aromatic nitrogens is 4. The van der Waals surface area contributed by atoms with Crippen LogP contribution in [0.3, 0.4) is 0 Å². The maximum Gasteiger partial charge on any atom is 0.319 e. The molecule has 2 aromatic rings. The highest BCUT2D eigenvalue weighted by molar-refractivity contribution is 5.89. The molecule has 2 N–H and O–H groups in total. The quantitative estimate of drug-likeness (QED) is 0.814. The van der Waals surface area contributed by atoms with Crippen LogP contribution >= 0.6 is 0 Å². The Hall–Kier alpha value is -2.68. The predicted molar refractivity (Wildman–Crippen MR) is 93.5 cm³/mol. The number of nitrogens with one attached hydrogen (secondary N) is 2. The van der Waals surface area contributed by atoms with Gasteiger partial charge in [0.15, 0.2) is 0 Å². The molecule has 1 saturated heterocycles. The molecule has 0 radical (unpaired) electrons. The highest BCUT2D eigenvalue weighted by atomic mass is 16.5. The summed E-state index contributed by atoms with van der Waals surface area (Å²) in [7, 11) is 1.64. The zero-order valence-electron chi connectivity index (χ0n) is 14.3. The van der Waals surface area contributed by atoms with Crippen LogP contribution in [0.5, 0.6) is 0 Å². The molecule has 1 fully saturated rings. The number of carbonyl (C=O) groups is 1. The van der Waals surface area contributed by atoms with Crippen LogP contribution in [0.15, 0.2) is 30.9 Å². The molecule has 2 aromatic heterocycles. The Kier molecular flexibility index (Phi) is 5.78. The van der Waals surface area contributed by atoms with Crippen molar-refractivity contribution in [2.75, 3.05) is 37.0 Å². The summed E-state index contributed by atoms with van der Waals surface area (Å²) in [6.45, 7) is 2.82. The Balaban J connectivity index is 1.49. The van der Waals surface area contributed by atoms with Crippen molar-refractivity contribution in [2.45, 2.75) is 25.4 Å². The molecule has 0 aliphatic carbocycles. The van der Waals surface area contributed by atoms with Crippen LogP contribution in [0, 0.1) is 0 Å². The van der Waals surface area contributed by atoms with Gasteiger partial charge in [0.25, 0.3) is 0 Å². The summed E-state index contributed by atoms with van der Waals surface area (Å²) in [6.07, 6.45) is 8.78. The normalized spacial score (nSPS) is 17.3. The van der Waals surface area contributed by atoms with Gasteiger partial charge in [0, 0.05) is 44.8 Å². The lowest BCUT2D eigenvalue weighted by Crippen LogP contribution is -2.49. The summed E-state index contributed by atoms with van der Waals surface area (Å²) < 4.78 is 6.74. The molecule has 3 rings (SSSR count). The smallest absolute Gasteiger partial charge is 0.319 e. The molecular weight excluding hydrogens is 322 g/mol. The monoisotopic (exact) mass is 345 g/mol. The molecule has 1 aliphatic heterocycles. The summed E-state index contributed by atoms with van der Waals surface area (Å²) in [6, 6.07) is 1.62. The highest BCUT2D eigenvalue weighted by Gasteiger charge is 2.23. The molecule has 9 nitrogen and oxygen atoms in total. The molecule has 1 aliphatic rings. The summed E-state index contributed by atoms with van der Waals surface area (Å²) in [5.74, 6) is 0.703. The first-order valence-electron chi connectivity index (χ1n) is 8.35. The van der Waals surface area contributed by atoms with E-state index in [-0.39, 0.29) is 12.1 Å². The van der Waals surface area contributed by atoms with Gasteiger partial charge in [-0.15, -0.1) is 0 Å². The van der Waals surface area contributed by atoms with Crippen LogP contribution in [0.1, 0.15) is 12.8 Å². The van der Waals surface area contributed by atoms with Gasteiger partial charge < -0.3 is 20.3 Å². The van der Waals surface area contributed by atoms with Crippen molar-refractivity contribution in [1.29, 1.82) is 0 Å². The van der Waals surface area contributed by atoms with Gasteiger partial charge >= 0.3 is 6.03 Å². The Morgan fingerprint density at radius 1 is 1.40 bits per heavy atom. The van der Waals surface area contributed by atoms with Gasteiger partial charge in [-0.25, -0.2) is 14.8 Å². The Morgan fingerprint density at radius 2 is 2.24 bits per heavy atom. The second kappa shape index (κ2) is 8.43. The van der Waals surface area contributed by atoms with E-state index in [4.69, 9.17) is 4.74 Å². The Labute approximate surface area is 146 Å². The molecule has 0 aromatic carbocycles. The number of hydrogen-bond acceptors (Lipinski definition) is 6. The van der Waals surface area contributed by atoms with E-state index < -0.39 is 0 Å². The number of methoxy groups -OCH3 is 1. The fourth-order valence-electron chi connectivity index (χ4n) is 2.82. The number of hydrogen-bond donors (Lipinski definition) is 2. The fourth-order valence-corrected chi connectivity index (χ4v) is 2.82. The second-order valence-electron chi connectivity index (χ2n) is 5.92. The van der Waals surface area contributed by atoms with E-state index in [0.717, 1.165) is 19.4 Å². The molecule has 9 heteroatoms. The first-order chi connectivity index (χ1) is 12.2. The van der Waals surface area contributed by atoms with E-state index in [2.05, 4.69) is 30.6 Å².